The van der Waals surface area contributed by atoms with Gasteiger partial charge in [0.25, 0.3) is 0 Å². The van der Waals surface area contributed by atoms with E-state index in [2.05, 4.69) is 0 Å². The molecule has 0 aromatic rings. The first-order valence-corrected chi connectivity index (χ1v) is 6.62. The van der Waals surface area contributed by atoms with E-state index >= 15 is 0 Å². The highest BCUT2D eigenvalue weighted by Crippen LogP contribution is 2.62. The molecule has 0 aromatic carbocycles. The van der Waals surface area contributed by atoms with Crippen molar-refractivity contribution in [2.24, 2.45) is 23.5 Å². The molecule has 3 aliphatic carbocycles. The Morgan fingerprint density at radius 3 is 1.79 bits per heavy atom. The van der Waals surface area contributed by atoms with E-state index in [0.717, 1.165) is 17.8 Å². The lowest BCUT2D eigenvalue weighted by Gasteiger charge is -2.29. The van der Waals surface area contributed by atoms with Crippen LogP contribution in [0.4, 0.5) is 0 Å². The summed E-state index contributed by atoms with van der Waals surface area (Å²) < 4.78 is 0. The molecule has 0 saturated heterocycles. The summed E-state index contributed by atoms with van der Waals surface area (Å²) in [6.45, 7) is 0. The van der Waals surface area contributed by atoms with Gasteiger partial charge in [0.05, 0.1) is 0 Å². The van der Waals surface area contributed by atoms with Gasteiger partial charge in [0.15, 0.2) is 0 Å². The van der Waals surface area contributed by atoms with Crippen LogP contribution in [0.5, 0.6) is 0 Å². The van der Waals surface area contributed by atoms with E-state index in [4.69, 9.17) is 5.73 Å². The minimum Gasteiger partial charge on any atom is -0.324 e. The SMILES string of the molecule is NC1(C2CCCCC2)C2CCCCC21. The fourth-order valence-corrected chi connectivity index (χ4v) is 4.43. The minimum absolute atomic E-state index is 0.316. The van der Waals surface area contributed by atoms with Crippen molar-refractivity contribution < 1.29 is 0 Å². The molecule has 3 aliphatic rings. The van der Waals surface area contributed by atoms with Gasteiger partial charge >= 0.3 is 0 Å². The lowest BCUT2D eigenvalue weighted by Crippen LogP contribution is -2.37. The van der Waals surface area contributed by atoms with Gasteiger partial charge in [-0.25, -0.2) is 0 Å². The average molecular weight is 193 g/mol. The Morgan fingerprint density at radius 2 is 1.21 bits per heavy atom. The molecule has 0 aromatic heterocycles. The van der Waals surface area contributed by atoms with Crippen molar-refractivity contribution in [3.8, 4) is 0 Å². The van der Waals surface area contributed by atoms with Crippen LogP contribution in [0, 0.1) is 17.8 Å². The quantitative estimate of drug-likeness (QED) is 0.680. The topological polar surface area (TPSA) is 26.0 Å². The van der Waals surface area contributed by atoms with Crippen LogP contribution in [0.15, 0.2) is 0 Å². The Morgan fingerprint density at radius 1 is 0.714 bits per heavy atom. The highest BCUT2D eigenvalue weighted by atomic mass is 14.9. The number of hydrogen-bond donors (Lipinski definition) is 1. The highest BCUT2D eigenvalue weighted by Gasteiger charge is 2.64. The highest BCUT2D eigenvalue weighted by molar-refractivity contribution is 5.19. The van der Waals surface area contributed by atoms with Crippen LogP contribution in [-0.4, -0.2) is 5.54 Å². The van der Waals surface area contributed by atoms with E-state index < -0.39 is 0 Å². The molecular weight excluding hydrogens is 170 g/mol. The van der Waals surface area contributed by atoms with Gasteiger partial charge < -0.3 is 5.73 Å². The molecule has 0 bridgehead atoms. The predicted octanol–water partition coefficient (Wildman–Crippen LogP) is 3.08. The summed E-state index contributed by atoms with van der Waals surface area (Å²) >= 11 is 0. The lowest BCUT2D eigenvalue weighted by molar-refractivity contribution is 0.267. The summed E-state index contributed by atoms with van der Waals surface area (Å²) in [4.78, 5) is 0. The summed E-state index contributed by atoms with van der Waals surface area (Å²) in [6, 6.07) is 0. The van der Waals surface area contributed by atoms with Crippen LogP contribution in [0.3, 0.4) is 0 Å². The van der Waals surface area contributed by atoms with Gasteiger partial charge in [-0.2, -0.15) is 0 Å². The molecular formula is C13H23N. The largest absolute Gasteiger partial charge is 0.324 e. The Balaban J connectivity index is 1.71. The molecule has 3 saturated carbocycles. The van der Waals surface area contributed by atoms with Crippen molar-refractivity contribution in [2.45, 2.75) is 63.3 Å². The second kappa shape index (κ2) is 3.23. The molecule has 0 amide bonds. The smallest absolute Gasteiger partial charge is 0.0246 e. The zero-order valence-electron chi connectivity index (χ0n) is 9.17. The van der Waals surface area contributed by atoms with Gasteiger partial charge in [-0.05, 0) is 43.4 Å². The number of fused-ring (bicyclic) bond motifs is 1. The third-order valence-corrected chi connectivity index (χ3v) is 5.25. The number of nitrogens with two attached hydrogens (primary N) is 1. The summed E-state index contributed by atoms with van der Waals surface area (Å²) in [5.74, 6) is 2.75. The van der Waals surface area contributed by atoms with E-state index in [-0.39, 0.29) is 0 Å². The summed E-state index contributed by atoms with van der Waals surface area (Å²) in [7, 11) is 0. The molecule has 3 fully saturated rings. The van der Waals surface area contributed by atoms with E-state index in [1.54, 1.807) is 0 Å². The molecule has 0 radical (unpaired) electrons. The monoisotopic (exact) mass is 193 g/mol. The van der Waals surface area contributed by atoms with Crippen molar-refractivity contribution in [3.05, 3.63) is 0 Å². The maximum absolute atomic E-state index is 6.67. The van der Waals surface area contributed by atoms with Crippen molar-refractivity contribution in [1.29, 1.82) is 0 Å². The van der Waals surface area contributed by atoms with Crippen LogP contribution in [0.25, 0.3) is 0 Å². The number of rotatable bonds is 1. The molecule has 0 aliphatic heterocycles. The molecule has 2 atom stereocenters. The molecule has 0 spiro atoms. The first-order chi connectivity index (χ1) is 6.83. The van der Waals surface area contributed by atoms with Crippen LogP contribution < -0.4 is 5.73 Å². The third kappa shape index (κ3) is 1.18. The molecule has 2 unspecified atom stereocenters. The second-order valence-electron chi connectivity index (χ2n) is 5.83. The first-order valence-electron chi connectivity index (χ1n) is 6.62. The van der Waals surface area contributed by atoms with Gasteiger partial charge in [-0.15, -0.1) is 0 Å². The van der Waals surface area contributed by atoms with Gasteiger partial charge in [-0.3, -0.25) is 0 Å². The van der Waals surface area contributed by atoms with Gasteiger partial charge in [0, 0.05) is 5.54 Å². The molecule has 3 rings (SSSR count). The standard InChI is InChI=1S/C13H23N/c14-13(10-6-2-1-3-7-10)11-8-4-5-9-12(11)13/h10-12H,1-9,14H2. The zero-order valence-corrected chi connectivity index (χ0v) is 9.17. The molecule has 2 N–H and O–H groups in total. The van der Waals surface area contributed by atoms with E-state index in [1.165, 1.54) is 57.8 Å². The Labute approximate surface area is 87.4 Å². The molecule has 1 nitrogen and oxygen atoms in total. The summed E-state index contributed by atoms with van der Waals surface area (Å²) in [6.07, 6.45) is 13.0. The Bertz CT molecular complexity index is 205. The van der Waals surface area contributed by atoms with Crippen molar-refractivity contribution in [3.63, 3.8) is 0 Å². The Hall–Kier alpha value is -0.0400. The normalized spacial score (nSPS) is 48.6. The van der Waals surface area contributed by atoms with Crippen molar-refractivity contribution >= 4 is 0 Å². The van der Waals surface area contributed by atoms with E-state index in [9.17, 15) is 0 Å². The van der Waals surface area contributed by atoms with Gasteiger partial charge in [0.1, 0.15) is 0 Å². The second-order valence-corrected chi connectivity index (χ2v) is 5.83. The van der Waals surface area contributed by atoms with Crippen LogP contribution in [-0.2, 0) is 0 Å². The zero-order chi connectivity index (χ0) is 9.60. The maximum atomic E-state index is 6.67. The van der Waals surface area contributed by atoms with Crippen LogP contribution in [0.1, 0.15) is 57.8 Å². The van der Waals surface area contributed by atoms with E-state index in [0.29, 0.717) is 5.54 Å². The maximum Gasteiger partial charge on any atom is 0.0246 e. The third-order valence-electron chi connectivity index (χ3n) is 5.25. The number of hydrogen-bond acceptors (Lipinski definition) is 1. The molecule has 1 heteroatoms. The Kier molecular flexibility index (Phi) is 2.12. The van der Waals surface area contributed by atoms with Crippen molar-refractivity contribution in [2.75, 3.05) is 0 Å². The van der Waals surface area contributed by atoms with E-state index in [1.807, 2.05) is 0 Å². The molecule has 14 heavy (non-hydrogen) atoms. The fourth-order valence-electron chi connectivity index (χ4n) is 4.43. The average Bonchev–Trinajstić information content (AvgIpc) is 2.89. The predicted molar refractivity (Wildman–Crippen MR) is 58.9 cm³/mol. The van der Waals surface area contributed by atoms with Crippen LogP contribution in [0.2, 0.25) is 0 Å². The molecule has 0 heterocycles. The lowest BCUT2D eigenvalue weighted by atomic mass is 9.80. The summed E-state index contributed by atoms with van der Waals surface area (Å²) in [5, 5.41) is 0. The first kappa shape index (κ1) is 9.21. The fraction of sp³-hybridized carbons (Fsp3) is 1.00. The minimum atomic E-state index is 0.316. The molecule has 80 valence electrons. The summed E-state index contributed by atoms with van der Waals surface area (Å²) in [5.41, 5.74) is 6.99. The van der Waals surface area contributed by atoms with Crippen molar-refractivity contribution in [1.82, 2.24) is 0 Å². The van der Waals surface area contributed by atoms with Gasteiger partial charge in [-0.1, -0.05) is 32.1 Å². The van der Waals surface area contributed by atoms with Crippen LogP contribution >= 0.6 is 0 Å². The van der Waals surface area contributed by atoms with Gasteiger partial charge in [0.2, 0.25) is 0 Å².